The molecule has 0 aromatic rings. The molecule has 0 bridgehead atoms. The standard InChI is InChI=1S/C11H21IO2/c1-4-6-8-9(3)14-11(13)10(12)7-5-2/h9-10H,4-8H2,1-3H3. The van der Waals surface area contributed by atoms with Crippen LogP contribution in [0.1, 0.15) is 52.9 Å². The van der Waals surface area contributed by atoms with E-state index in [0.29, 0.717) is 0 Å². The molecule has 0 amide bonds. The van der Waals surface area contributed by atoms with Crippen LogP contribution in [0, 0.1) is 0 Å². The Kier molecular flexibility index (Phi) is 8.63. The van der Waals surface area contributed by atoms with E-state index in [2.05, 4.69) is 36.4 Å². The number of unbranched alkanes of at least 4 members (excludes halogenated alkanes) is 1. The molecular formula is C11H21IO2. The lowest BCUT2D eigenvalue weighted by Gasteiger charge is -2.15. The first-order valence-electron chi connectivity index (χ1n) is 5.46. The van der Waals surface area contributed by atoms with Crippen molar-refractivity contribution in [2.75, 3.05) is 0 Å². The highest BCUT2D eigenvalue weighted by Gasteiger charge is 2.17. The highest BCUT2D eigenvalue weighted by Crippen LogP contribution is 2.13. The predicted octanol–water partition coefficient (Wildman–Crippen LogP) is 3.71. The van der Waals surface area contributed by atoms with Gasteiger partial charge in [-0.1, -0.05) is 55.7 Å². The van der Waals surface area contributed by atoms with Gasteiger partial charge in [-0.25, -0.2) is 0 Å². The molecule has 14 heavy (non-hydrogen) atoms. The summed E-state index contributed by atoms with van der Waals surface area (Å²) in [4.78, 5) is 11.5. The van der Waals surface area contributed by atoms with E-state index < -0.39 is 0 Å². The normalized spacial score (nSPS) is 14.9. The summed E-state index contributed by atoms with van der Waals surface area (Å²) in [5.41, 5.74) is 0. The summed E-state index contributed by atoms with van der Waals surface area (Å²) in [5.74, 6) is -0.0453. The van der Waals surface area contributed by atoms with E-state index in [1.807, 2.05) is 6.92 Å². The van der Waals surface area contributed by atoms with Gasteiger partial charge in [-0.2, -0.15) is 0 Å². The van der Waals surface area contributed by atoms with Gasteiger partial charge < -0.3 is 4.74 Å². The molecule has 0 aliphatic heterocycles. The number of esters is 1. The first kappa shape index (κ1) is 14.2. The maximum absolute atomic E-state index is 11.5. The molecule has 0 fully saturated rings. The fraction of sp³-hybridized carbons (Fsp3) is 0.909. The lowest BCUT2D eigenvalue weighted by Crippen LogP contribution is -2.22. The minimum atomic E-state index is -0.0453. The van der Waals surface area contributed by atoms with Crippen molar-refractivity contribution >= 4 is 28.6 Å². The van der Waals surface area contributed by atoms with Crippen molar-refractivity contribution in [3.63, 3.8) is 0 Å². The number of carbonyl (C=O) groups is 1. The number of ether oxygens (including phenoxy) is 1. The second-order valence-corrected chi connectivity index (χ2v) is 5.15. The van der Waals surface area contributed by atoms with Crippen molar-refractivity contribution < 1.29 is 9.53 Å². The lowest BCUT2D eigenvalue weighted by molar-refractivity contribution is -0.147. The van der Waals surface area contributed by atoms with E-state index in [1.165, 1.54) is 0 Å². The van der Waals surface area contributed by atoms with Crippen LogP contribution in [-0.2, 0) is 9.53 Å². The van der Waals surface area contributed by atoms with Gasteiger partial charge in [0.15, 0.2) is 0 Å². The minimum absolute atomic E-state index is 0.0293. The molecule has 0 rings (SSSR count). The van der Waals surface area contributed by atoms with Crippen LogP contribution in [0.15, 0.2) is 0 Å². The van der Waals surface area contributed by atoms with Crippen LogP contribution in [0.4, 0.5) is 0 Å². The van der Waals surface area contributed by atoms with Gasteiger partial charge in [0, 0.05) is 0 Å². The highest BCUT2D eigenvalue weighted by atomic mass is 127. The SMILES string of the molecule is CCCCC(C)OC(=O)C(I)CCC. The van der Waals surface area contributed by atoms with Gasteiger partial charge in [-0.3, -0.25) is 4.79 Å². The molecule has 0 spiro atoms. The number of rotatable bonds is 7. The van der Waals surface area contributed by atoms with Crippen molar-refractivity contribution in [2.45, 2.75) is 62.9 Å². The first-order chi connectivity index (χ1) is 6.61. The second-order valence-electron chi connectivity index (χ2n) is 3.65. The Morgan fingerprint density at radius 2 is 1.93 bits per heavy atom. The monoisotopic (exact) mass is 312 g/mol. The van der Waals surface area contributed by atoms with Crippen LogP contribution in [0.25, 0.3) is 0 Å². The van der Waals surface area contributed by atoms with Crippen LogP contribution < -0.4 is 0 Å². The fourth-order valence-electron chi connectivity index (χ4n) is 1.19. The molecule has 0 radical (unpaired) electrons. The van der Waals surface area contributed by atoms with E-state index in [-0.39, 0.29) is 16.0 Å². The molecule has 0 heterocycles. The molecule has 0 aromatic carbocycles. The summed E-state index contributed by atoms with van der Waals surface area (Å²) in [6, 6.07) is 0. The molecule has 2 nitrogen and oxygen atoms in total. The largest absolute Gasteiger partial charge is 0.462 e. The van der Waals surface area contributed by atoms with Crippen LogP contribution in [-0.4, -0.2) is 16.0 Å². The highest BCUT2D eigenvalue weighted by molar-refractivity contribution is 14.1. The maximum Gasteiger partial charge on any atom is 0.319 e. The molecule has 0 aliphatic rings. The molecule has 0 saturated heterocycles. The third-order valence-electron chi connectivity index (χ3n) is 2.08. The molecule has 2 atom stereocenters. The molecule has 2 unspecified atom stereocenters. The van der Waals surface area contributed by atoms with E-state index in [1.54, 1.807) is 0 Å². The van der Waals surface area contributed by atoms with E-state index in [4.69, 9.17) is 4.74 Å². The molecule has 84 valence electrons. The Balaban J connectivity index is 3.69. The average molecular weight is 312 g/mol. The predicted molar refractivity (Wildman–Crippen MR) is 67.8 cm³/mol. The quantitative estimate of drug-likeness (QED) is 0.407. The van der Waals surface area contributed by atoms with Gasteiger partial charge in [0.2, 0.25) is 0 Å². The average Bonchev–Trinajstić information content (AvgIpc) is 2.15. The summed E-state index contributed by atoms with van der Waals surface area (Å²) in [7, 11) is 0. The molecule has 0 aliphatic carbocycles. The van der Waals surface area contributed by atoms with Crippen molar-refractivity contribution in [2.24, 2.45) is 0 Å². The maximum atomic E-state index is 11.5. The summed E-state index contributed by atoms with van der Waals surface area (Å²) in [5, 5.41) is 0. The zero-order valence-electron chi connectivity index (χ0n) is 9.38. The van der Waals surface area contributed by atoms with E-state index in [0.717, 1.165) is 32.1 Å². The van der Waals surface area contributed by atoms with Crippen LogP contribution in [0.2, 0.25) is 0 Å². The van der Waals surface area contributed by atoms with Crippen LogP contribution in [0.3, 0.4) is 0 Å². The van der Waals surface area contributed by atoms with Crippen molar-refractivity contribution in [3.05, 3.63) is 0 Å². The van der Waals surface area contributed by atoms with Crippen molar-refractivity contribution in [1.29, 1.82) is 0 Å². The fourth-order valence-corrected chi connectivity index (χ4v) is 1.96. The summed E-state index contributed by atoms with van der Waals surface area (Å²) >= 11 is 2.16. The lowest BCUT2D eigenvalue weighted by atomic mass is 10.2. The van der Waals surface area contributed by atoms with Crippen LogP contribution in [0.5, 0.6) is 0 Å². The zero-order valence-corrected chi connectivity index (χ0v) is 11.5. The Hall–Kier alpha value is 0.200. The van der Waals surface area contributed by atoms with Crippen molar-refractivity contribution in [1.82, 2.24) is 0 Å². The number of carbonyl (C=O) groups excluding carboxylic acids is 1. The Bertz CT molecular complexity index is 159. The summed E-state index contributed by atoms with van der Waals surface area (Å²) in [6.45, 7) is 6.20. The Morgan fingerprint density at radius 1 is 1.29 bits per heavy atom. The number of hydrogen-bond acceptors (Lipinski definition) is 2. The van der Waals surface area contributed by atoms with E-state index in [9.17, 15) is 4.79 Å². The van der Waals surface area contributed by atoms with Gasteiger partial charge in [-0.05, 0) is 19.8 Å². The third kappa shape index (κ3) is 6.62. The summed E-state index contributed by atoms with van der Waals surface area (Å²) < 4.78 is 5.35. The van der Waals surface area contributed by atoms with Crippen molar-refractivity contribution in [3.8, 4) is 0 Å². The molecule has 0 N–H and O–H groups in total. The van der Waals surface area contributed by atoms with Gasteiger partial charge in [0.25, 0.3) is 0 Å². The topological polar surface area (TPSA) is 26.3 Å². The molecular weight excluding hydrogens is 291 g/mol. The summed E-state index contributed by atoms with van der Waals surface area (Å²) in [6.07, 6.45) is 5.30. The number of halogens is 1. The van der Waals surface area contributed by atoms with Gasteiger partial charge in [-0.15, -0.1) is 0 Å². The van der Waals surface area contributed by atoms with Crippen LogP contribution >= 0.6 is 22.6 Å². The second kappa shape index (κ2) is 8.50. The van der Waals surface area contributed by atoms with Gasteiger partial charge in [0.1, 0.15) is 3.92 Å². The smallest absolute Gasteiger partial charge is 0.319 e. The van der Waals surface area contributed by atoms with Gasteiger partial charge in [0.05, 0.1) is 6.10 Å². The molecule has 3 heteroatoms. The zero-order chi connectivity index (χ0) is 11.0. The van der Waals surface area contributed by atoms with Gasteiger partial charge >= 0.3 is 5.97 Å². The third-order valence-corrected chi connectivity index (χ3v) is 3.21. The Labute approximate surface area is 101 Å². The molecule has 0 saturated carbocycles. The number of alkyl halides is 1. The van der Waals surface area contributed by atoms with E-state index >= 15 is 0 Å². The number of hydrogen-bond donors (Lipinski definition) is 0. The molecule has 0 aromatic heterocycles. The minimum Gasteiger partial charge on any atom is -0.462 e. The first-order valence-corrected chi connectivity index (χ1v) is 6.70. The Morgan fingerprint density at radius 3 is 2.43 bits per heavy atom.